The van der Waals surface area contributed by atoms with Gasteiger partial charge in [0.2, 0.25) is 5.95 Å². The van der Waals surface area contributed by atoms with Crippen molar-refractivity contribution in [3.05, 3.63) is 206 Å². The van der Waals surface area contributed by atoms with E-state index in [-0.39, 0.29) is 0 Å². The van der Waals surface area contributed by atoms with Gasteiger partial charge in [-0.1, -0.05) is 146 Å². The average molecular weight is 729 g/mol. The summed E-state index contributed by atoms with van der Waals surface area (Å²) in [5.41, 5.74) is 16.2. The summed E-state index contributed by atoms with van der Waals surface area (Å²) in [6.45, 7) is 2.18. The van der Waals surface area contributed by atoms with Gasteiger partial charge < -0.3 is 4.57 Å². The van der Waals surface area contributed by atoms with Gasteiger partial charge >= 0.3 is 0 Å². The molecule has 0 spiro atoms. The van der Waals surface area contributed by atoms with E-state index in [0.717, 1.165) is 27.8 Å². The van der Waals surface area contributed by atoms with E-state index in [4.69, 9.17) is 9.97 Å². The summed E-state index contributed by atoms with van der Waals surface area (Å²) in [6, 6.07) is 67.4. The minimum Gasteiger partial charge on any atom is -0.309 e. The first-order valence-electron chi connectivity index (χ1n) is 19.4. The van der Waals surface area contributed by atoms with Gasteiger partial charge in [0.25, 0.3) is 0 Å². The van der Waals surface area contributed by atoms with Gasteiger partial charge in [0.1, 0.15) is 0 Å². The molecule has 0 atom stereocenters. The van der Waals surface area contributed by atoms with E-state index in [0.29, 0.717) is 5.95 Å². The first-order valence-corrected chi connectivity index (χ1v) is 19.4. The standard InChI is InChI=1S/C53H36N4/c1-35-30-39(36-12-4-2-5-13-36)24-27-44(35)38-22-20-37(21-23-38)42-33-54-53(55-34-42)57-50-19-11-9-17-46(50)48-31-40(26-29-51(48)57)41-25-28-47-45-16-8-10-18-49(45)56(52(47)32-41)43-14-6-3-7-15-43/h2-34H,1H3. The monoisotopic (exact) mass is 728 g/mol. The molecule has 57 heavy (non-hydrogen) atoms. The number of aromatic nitrogens is 4. The second-order valence-corrected chi connectivity index (χ2v) is 14.7. The van der Waals surface area contributed by atoms with Crippen LogP contribution in [0, 0.1) is 6.92 Å². The topological polar surface area (TPSA) is 35.6 Å². The maximum Gasteiger partial charge on any atom is 0.234 e. The van der Waals surface area contributed by atoms with Gasteiger partial charge in [0.15, 0.2) is 0 Å². The molecule has 3 aromatic heterocycles. The molecule has 0 N–H and O–H groups in total. The Bertz CT molecular complexity index is 3270. The highest BCUT2D eigenvalue weighted by atomic mass is 15.1. The third-order valence-electron chi connectivity index (χ3n) is 11.4. The van der Waals surface area contributed by atoms with Crippen LogP contribution in [0.15, 0.2) is 200 Å². The Hall–Kier alpha value is -7.56. The third-order valence-corrected chi connectivity index (χ3v) is 11.4. The SMILES string of the molecule is Cc1cc(-c2ccccc2)ccc1-c1ccc(-c2cnc(-n3c4ccccc4c4cc(-c5ccc6c7ccccc7n(-c7ccccc7)c6c5)ccc43)nc2)cc1. The second kappa shape index (κ2) is 13.3. The lowest BCUT2D eigenvalue weighted by atomic mass is 9.95. The molecule has 0 saturated carbocycles. The fraction of sp³-hybridized carbons (Fsp3) is 0.0189. The van der Waals surface area contributed by atoms with E-state index in [1.807, 2.05) is 12.4 Å². The Morgan fingerprint density at radius 3 is 1.58 bits per heavy atom. The minimum absolute atomic E-state index is 0.650. The molecule has 268 valence electrons. The van der Waals surface area contributed by atoms with Crippen LogP contribution in [-0.4, -0.2) is 19.1 Å². The van der Waals surface area contributed by atoms with E-state index in [1.54, 1.807) is 0 Å². The van der Waals surface area contributed by atoms with Crippen molar-refractivity contribution in [1.29, 1.82) is 0 Å². The predicted octanol–water partition coefficient (Wildman–Crippen LogP) is 13.6. The van der Waals surface area contributed by atoms with Gasteiger partial charge in [-0.2, -0.15) is 0 Å². The fourth-order valence-corrected chi connectivity index (χ4v) is 8.60. The molecule has 4 nitrogen and oxygen atoms in total. The number of aryl methyl sites for hydroxylation is 1. The van der Waals surface area contributed by atoms with Crippen LogP contribution < -0.4 is 0 Å². The Morgan fingerprint density at radius 1 is 0.333 bits per heavy atom. The molecule has 11 aromatic rings. The molecular weight excluding hydrogens is 693 g/mol. The van der Waals surface area contributed by atoms with Crippen LogP contribution in [0.2, 0.25) is 0 Å². The van der Waals surface area contributed by atoms with Crippen LogP contribution in [0.4, 0.5) is 0 Å². The number of benzene rings is 8. The molecule has 0 fully saturated rings. The van der Waals surface area contributed by atoms with Crippen LogP contribution in [-0.2, 0) is 0 Å². The van der Waals surface area contributed by atoms with Gasteiger partial charge in [0.05, 0.1) is 22.1 Å². The molecule has 0 saturated heterocycles. The normalized spacial score (nSPS) is 11.6. The summed E-state index contributed by atoms with van der Waals surface area (Å²) >= 11 is 0. The van der Waals surface area contributed by atoms with Crippen LogP contribution in [0.1, 0.15) is 5.56 Å². The lowest BCUT2D eigenvalue weighted by Crippen LogP contribution is -2.00. The summed E-state index contributed by atoms with van der Waals surface area (Å²) in [5, 5.41) is 4.84. The van der Waals surface area contributed by atoms with Crippen molar-refractivity contribution in [3.8, 4) is 56.1 Å². The van der Waals surface area contributed by atoms with E-state index >= 15 is 0 Å². The van der Waals surface area contributed by atoms with Crippen LogP contribution in [0.3, 0.4) is 0 Å². The van der Waals surface area contributed by atoms with E-state index in [1.165, 1.54) is 71.5 Å². The Kier molecular flexibility index (Phi) is 7.68. The van der Waals surface area contributed by atoms with Gasteiger partial charge in [-0.15, -0.1) is 0 Å². The fourth-order valence-electron chi connectivity index (χ4n) is 8.60. The van der Waals surface area contributed by atoms with Crippen molar-refractivity contribution in [2.24, 2.45) is 0 Å². The number of para-hydroxylation sites is 3. The molecule has 0 aliphatic heterocycles. The highest BCUT2D eigenvalue weighted by Gasteiger charge is 2.17. The summed E-state index contributed by atoms with van der Waals surface area (Å²) in [6.07, 6.45) is 3.88. The largest absolute Gasteiger partial charge is 0.309 e. The molecule has 3 heterocycles. The zero-order valence-electron chi connectivity index (χ0n) is 31.3. The maximum atomic E-state index is 4.95. The molecule has 0 bridgehead atoms. The molecule has 4 heteroatoms. The van der Waals surface area contributed by atoms with Crippen molar-refractivity contribution >= 4 is 43.6 Å². The molecule has 0 radical (unpaired) electrons. The molecule has 0 aliphatic rings. The minimum atomic E-state index is 0.650. The second-order valence-electron chi connectivity index (χ2n) is 14.7. The molecule has 0 amide bonds. The first-order chi connectivity index (χ1) is 28.2. The molecule has 8 aromatic carbocycles. The smallest absolute Gasteiger partial charge is 0.234 e. The number of nitrogens with zero attached hydrogens (tertiary/aromatic N) is 4. The number of rotatable bonds is 6. The average Bonchev–Trinajstić information content (AvgIpc) is 3.79. The zero-order chi connectivity index (χ0) is 37.9. The first kappa shape index (κ1) is 32.8. The van der Waals surface area contributed by atoms with Crippen molar-refractivity contribution in [3.63, 3.8) is 0 Å². The van der Waals surface area contributed by atoms with E-state index in [2.05, 4.69) is 204 Å². The Labute approximate surface area is 330 Å². The van der Waals surface area contributed by atoms with Crippen molar-refractivity contribution in [1.82, 2.24) is 19.1 Å². The van der Waals surface area contributed by atoms with Gasteiger partial charge in [0, 0.05) is 45.2 Å². The van der Waals surface area contributed by atoms with Gasteiger partial charge in [-0.3, -0.25) is 4.57 Å². The van der Waals surface area contributed by atoms with E-state index in [9.17, 15) is 0 Å². The van der Waals surface area contributed by atoms with E-state index < -0.39 is 0 Å². The molecule has 0 unspecified atom stereocenters. The lowest BCUT2D eigenvalue weighted by Gasteiger charge is -2.11. The Morgan fingerprint density at radius 2 is 0.842 bits per heavy atom. The zero-order valence-corrected chi connectivity index (χ0v) is 31.3. The number of hydrogen-bond donors (Lipinski definition) is 0. The predicted molar refractivity (Wildman–Crippen MR) is 237 cm³/mol. The Balaban J connectivity index is 0.936. The maximum absolute atomic E-state index is 4.95. The molecular formula is C53H36N4. The van der Waals surface area contributed by atoms with Crippen LogP contribution in [0.5, 0.6) is 0 Å². The van der Waals surface area contributed by atoms with Crippen molar-refractivity contribution < 1.29 is 0 Å². The summed E-state index contributed by atoms with van der Waals surface area (Å²) in [5.74, 6) is 0.650. The van der Waals surface area contributed by atoms with Gasteiger partial charge in [-0.25, -0.2) is 9.97 Å². The third kappa shape index (κ3) is 5.53. The molecule has 11 rings (SSSR count). The summed E-state index contributed by atoms with van der Waals surface area (Å²) in [7, 11) is 0. The number of fused-ring (bicyclic) bond motifs is 6. The van der Waals surface area contributed by atoms with Crippen molar-refractivity contribution in [2.75, 3.05) is 0 Å². The summed E-state index contributed by atoms with van der Waals surface area (Å²) in [4.78, 5) is 9.91. The summed E-state index contributed by atoms with van der Waals surface area (Å²) < 4.78 is 4.55. The molecule has 0 aliphatic carbocycles. The van der Waals surface area contributed by atoms with Crippen LogP contribution >= 0.6 is 0 Å². The highest BCUT2D eigenvalue weighted by Crippen LogP contribution is 2.38. The van der Waals surface area contributed by atoms with Gasteiger partial charge in [-0.05, 0) is 93.9 Å². The highest BCUT2D eigenvalue weighted by molar-refractivity contribution is 6.12. The number of hydrogen-bond acceptors (Lipinski definition) is 2. The quantitative estimate of drug-likeness (QED) is 0.171. The van der Waals surface area contributed by atoms with Crippen molar-refractivity contribution in [2.45, 2.75) is 6.92 Å². The lowest BCUT2D eigenvalue weighted by molar-refractivity contribution is 0.990. The van der Waals surface area contributed by atoms with Crippen LogP contribution in [0.25, 0.3) is 99.8 Å².